The van der Waals surface area contributed by atoms with Gasteiger partial charge in [-0.05, 0) is 25.5 Å². The van der Waals surface area contributed by atoms with E-state index in [1.807, 2.05) is 6.07 Å². The molecule has 1 heterocycles. The van der Waals surface area contributed by atoms with Crippen molar-refractivity contribution >= 4 is 23.5 Å². The number of nitrogens with zero attached hydrogens (tertiary/aromatic N) is 1. The molecule has 5 nitrogen and oxygen atoms in total. The van der Waals surface area contributed by atoms with Gasteiger partial charge in [-0.1, -0.05) is 29.8 Å². The lowest BCUT2D eigenvalue weighted by Gasteiger charge is -2.32. The van der Waals surface area contributed by atoms with Crippen molar-refractivity contribution in [1.29, 1.82) is 0 Å². The molecule has 0 saturated heterocycles. The minimum Gasteiger partial charge on any atom is -0.466 e. The molecule has 0 aliphatic carbocycles. The van der Waals surface area contributed by atoms with Crippen LogP contribution in [-0.4, -0.2) is 37.6 Å². The predicted molar refractivity (Wildman–Crippen MR) is 91.4 cm³/mol. The van der Waals surface area contributed by atoms with E-state index in [0.29, 0.717) is 27.4 Å². The van der Waals surface area contributed by atoms with E-state index in [1.54, 1.807) is 50.2 Å². The number of ether oxygens (including phenoxy) is 2. The quantitative estimate of drug-likeness (QED) is 0.781. The summed E-state index contributed by atoms with van der Waals surface area (Å²) in [6.07, 6.45) is 1.67. The molecule has 1 aromatic carbocycles. The van der Waals surface area contributed by atoms with E-state index >= 15 is 0 Å². The average Bonchev–Trinajstić information content (AvgIpc) is 2.57. The Morgan fingerprint density at radius 2 is 1.92 bits per heavy atom. The topological polar surface area (TPSA) is 55.8 Å². The molecular formula is C18H20ClNO4. The van der Waals surface area contributed by atoms with Crippen LogP contribution in [0.1, 0.15) is 25.3 Å². The number of carbonyl (C=O) groups excluding carboxylic acids is 2. The van der Waals surface area contributed by atoms with Crippen molar-refractivity contribution in [1.82, 2.24) is 4.90 Å². The van der Waals surface area contributed by atoms with Crippen LogP contribution in [0.4, 0.5) is 0 Å². The van der Waals surface area contributed by atoms with Crippen LogP contribution >= 0.6 is 11.6 Å². The van der Waals surface area contributed by atoms with Crippen LogP contribution in [0.15, 0.2) is 47.3 Å². The lowest BCUT2D eigenvalue weighted by atomic mass is 9.81. The molecule has 128 valence electrons. The van der Waals surface area contributed by atoms with Crippen LogP contribution in [0.2, 0.25) is 5.02 Å². The highest BCUT2D eigenvalue weighted by atomic mass is 35.5. The van der Waals surface area contributed by atoms with Crippen molar-refractivity contribution in [3.63, 3.8) is 0 Å². The molecule has 1 aliphatic heterocycles. The molecule has 6 heteroatoms. The van der Waals surface area contributed by atoms with E-state index in [2.05, 4.69) is 0 Å². The largest absolute Gasteiger partial charge is 0.466 e. The number of benzene rings is 1. The molecule has 0 fully saturated rings. The van der Waals surface area contributed by atoms with Crippen LogP contribution in [0.3, 0.4) is 0 Å². The number of carbonyl (C=O) groups is 2. The summed E-state index contributed by atoms with van der Waals surface area (Å²) in [4.78, 5) is 26.6. The zero-order valence-corrected chi connectivity index (χ0v) is 14.9. The Morgan fingerprint density at radius 1 is 1.25 bits per heavy atom. The first-order valence-corrected chi connectivity index (χ1v) is 7.95. The summed E-state index contributed by atoms with van der Waals surface area (Å²) in [6, 6.07) is 7.12. The van der Waals surface area contributed by atoms with E-state index in [0.717, 1.165) is 0 Å². The molecule has 24 heavy (non-hydrogen) atoms. The maximum atomic E-state index is 12.5. The highest BCUT2D eigenvalue weighted by Crippen LogP contribution is 2.41. The highest BCUT2D eigenvalue weighted by Gasteiger charge is 2.37. The van der Waals surface area contributed by atoms with Crippen LogP contribution in [0.25, 0.3) is 0 Å². The fourth-order valence-corrected chi connectivity index (χ4v) is 2.97. The van der Waals surface area contributed by atoms with E-state index in [9.17, 15) is 9.59 Å². The Bertz CT molecular complexity index is 723. The highest BCUT2D eigenvalue weighted by molar-refractivity contribution is 6.31. The molecule has 0 aromatic heterocycles. The predicted octanol–water partition coefficient (Wildman–Crippen LogP) is 3.26. The minimum atomic E-state index is -0.638. The van der Waals surface area contributed by atoms with Crippen LogP contribution in [-0.2, 0) is 19.1 Å². The van der Waals surface area contributed by atoms with E-state index < -0.39 is 17.9 Å². The Labute approximate surface area is 146 Å². The van der Waals surface area contributed by atoms with Gasteiger partial charge in [0, 0.05) is 24.0 Å². The molecule has 1 atom stereocenters. The van der Waals surface area contributed by atoms with Gasteiger partial charge in [-0.15, -0.1) is 0 Å². The fraction of sp³-hybridized carbons (Fsp3) is 0.333. The minimum absolute atomic E-state index is 0.241. The molecule has 0 N–H and O–H groups in total. The van der Waals surface area contributed by atoms with Crippen molar-refractivity contribution in [2.24, 2.45) is 0 Å². The third-order valence-electron chi connectivity index (χ3n) is 3.98. The van der Waals surface area contributed by atoms with Gasteiger partial charge in [-0.3, -0.25) is 0 Å². The molecule has 0 bridgehead atoms. The SMILES string of the molecule is CCOC(=O)C1=CN(C)C(C)=C(C(=O)OC)C1c1ccccc1Cl. The lowest BCUT2D eigenvalue weighted by Crippen LogP contribution is -2.30. The second-order valence-electron chi connectivity index (χ2n) is 5.36. The first kappa shape index (κ1) is 18.1. The third kappa shape index (κ3) is 3.31. The number of methoxy groups -OCH3 is 1. The molecule has 0 saturated carbocycles. The van der Waals surface area contributed by atoms with Crippen LogP contribution < -0.4 is 0 Å². The van der Waals surface area contributed by atoms with Gasteiger partial charge in [-0.2, -0.15) is 0 Å². The van der Waals surface area contributed by atoms with Gasteiger partial charge in [0.25, 0.3) is 0 Å². The Balaban J connectivity index is 2.67. The molecule has 0 radical (unpaired) electrons. The molecule has 1 aliphatic rings. The summed E-state index contributed by atoms with van der Waals surface area (Å²) in [7, 11) is 3.08. The molecule has 0 amide bonds. The number of allylic oxidation sites excluding steroid dienone is 1. The summed E-state index contributed by atoms with van der Waals surface area (Å²) in [5.74, 6) is -1.62. The van der Waals surface area contributed by atoms with Gasteiger partial charge in [0.1, 0.15) is 0 Å². The van der Waals surface area contributed by atoms with Crippen molar-refractivity contribution in [3.8, 4) is 0 Å². The zero-order valence-electron chi connectivity index (χ0n) is 14.1. The van der Waals surface area contributed by atoms with Gasteiger partial charge in [-0.25, -0.2) is 9.59 Å². The smallest absolute Gasteiger partial charge is 0.336 e. The van der Waals surface area contributed by atoms with Gasteiger partial charge >= 0.3 is 11.9 Å². The first-order chi connectivity index (χ1) is 11.4. The Hall–Kier alpha value is -2.27. The summed E-state index contributed by atoms with van der Waals surface area (Å²) < 4.78 is 10.1. The monoisotopic (exact) mass is 349 g/mol. The maximum Gasteiger partial charge on any atom is 0.336 e. The van der Waals surface area contributed by atoms with Crippen molar-refractivity contribution in [2.75, 3.05) is 20.8 Å². The second-order valence-corrected chi connectivity index (χ2v) is 5.77. The summed E-state index contributed by atoms with van der Waals surface area (Å²) in [6.45, 7) is 3.78. The lowest BCUT2D eigenvalue weighted by molar-refractivity contribution is -0.139. The summed E-state index contributed by atoms with van der Waals surface area (Å²) in [5, 5.41) is 0.469. The van der Waals surface area contributed by atoms with Gasteiger partial charge < -0.3 is 14.4 Å². The van der Waals surface area contributed by atoms with E-state index in [4.69, 9.17) is 21.1 Å². The van der Waals surface area contributed by atoms with Crippen LogP contribution in [0, 0.1) is 0 Å². The number of hydrogen-bond acceptors (Lipinski definition) is 5. The summed E-state index contributed by atoms with van der Waals surface area (Å²) in [5.41, 5.74) is 2.07. The number of halogens is 1. The second kappa shape index (κ2) is 7.53. The normalized spacial score (nSPS) is 17.5. The fourth-order valence-electron chi connectivity index (χ4n) is 2.73. The number of hydrogen-bond donors (Lipinski definition) is 0. The summed E-state index contributed by atoms with van der Waals surface area (Å²) >= 11 is 6.33. The van der Waals surface area contributed by atoms with Gasteiger partial charge in [0.2, 0.25) is 0 Å². The first-order valence-electron chi connectivity index (χ1n) is 7.57. The molecule has 1 aromatic rings. The molecule has 0 spiro atoms. The molecule has 2 rings (SSSR count). The number of esters is 2. The van der Waals surface area contributed by atoms with E-state index in [1.165, 1.54) is 7.11 Å². The Morgan fingerprint density at radius 3 is 2.50 bits per heavy atom. The average molecular weight is 350 g/mol. The molecular weight excluding hydrogens is 330 g/mol. The standard InChI is InChI=1S/C18H20ClNO4/c1-5-24-17(21)13-10-20(3)11(2)15(18(22)23-4)16(13)12-8-6-7-9-14(12)19/h6-10,16H,5H2,1-4H3. The van der Waals surface area contributed by atoms with Gasteiger partial charge in [0.05, 0.1) is 30.8 Å². The van der Waals surface area contributed by atoms with Crippen LogP contribution in [0.5, 0.6) is 0 Å². The molecule has 1 unspecified atom stereocenters. The van der Waals surface area contributed by atoms with Crippen molar-refractivity contribution in [3.05, 3.63) is 57.9 Å². The van der Waals surface area contributed by atoms with E-state index in [-0.39, 0.29) is 6.61 Å². The maximum absolute atomic E-state index is 12.5. The van der Waals surface area contributed by atoms with Gasteiger partial charge in [0.15, 0.2) is 0 Å². The Kier molecular flexibility index (Phi) is 5.67. The van der Waals surface area contributed by atoms with Crippen molar-refractivity contribution < 1.29 is 19.1 Å². The number of rotatable bonds is 4. The zero-order chi connectivity index (χ0) is 17.9. The van der Waals surface area contributed by atoms with Crippen molar-refractivity contribution in [2.45, 2.75) is 19.8 Å². The third-order valence-corrected chi connectivity index (χ3v) is 4.33.